The van der Waals surface area contributed by atoms with Gasteiger partial charge < -0.3 is 0 Å². The van der Waals surface area contributed by atoms with Gasteiger partial charge in [-0.3, -0.25) is 0 Å². The molecule has 0 aliphatic heterocycles. The van der Waals surface area contributed by atoms with Gasteiger partial charge in [-0.1, -0.05) is 38.1 Å². The van der Waals surface area contributed by atoms with Crippen LogP contribution in [0.5, 0.6) is 0 Å². The lowest BCUT2D eigenvalue weighted by Gasteiger charge is -2.07. The topological polar surface area (TPSA) is 23.8 Å². The minimum Gasteiger partial charge on any atom is -0.198 e. The second-order valence-corrected chi connectivity index (χ2v) is 4.19. The molecule has 0 aromatic heterocycles. The van der Waals surface area contributed by atoms with Crippen molar-refractivity contribution in [2.24, 2.45) is 5.92 Å². The molecule has 0 aliphatic carbocycles. The van der Waals surface area contributed by atoms with Crippen molar-refractivity contribution in [3.8, 4) is 6.07 Å². The number of nitrogens with zero attached hydrogens (tertiary/aromatic N) is 1. The highest BCUT2D eigenvalue weighted by molar-refractivity contribution is 5.28. The van der Waals surface area contributed by atoms with Crippen LogP contribution in [0.15, 0.2) is 24.3 Å². The van der Waals surface area contributed by atoms with Gasteiger partial charge in [0.2, 0.25) is 0 Å². The Hall–Kier alpha value is -1.29. The SMILES string of the molecule is CC(C)Cc1ccc([C@@H](C)C#N)cc1. The number of hydrogen-bond acceptors (Lipinski definition) is 1. The minimum absolute atomic E-state index is 0.00287. The highest BCUT2D eigenvalue weighted by Gasteiger charge is 2.03. The summed E-state index contributed by atoms with van der Waals surface area (Å²) in [7, 11) is 0. The normalized spacial score (nSPS) is 12.5. The van der Waals surface area contributed by atoms with E-state index in [4.69, 9.17) is 5.26 Å². The number of rotatable bonds is 3. The van der Waals surface area contributed by atoms with Crippen molar-refractivity contribution < 1.29 is 0 Å². The predicted octanol–water partition coefficient (Wildman–Crippen LogP) is 3.51. The van der Waals surface area contributed by atoms with Crippen molar-refractivity contribution in [1.82, 2.24) is 0 Å². The monoisotopic (exact) mass is 187 g/mol. The molecule has 0 saturated heterocycles. The molecular weight excluding hydrogens is 170 g/mol. The van der Waals surface area contributed by atoms with Gasteiger partial charge >= 0.3 is 0 Å². The number of benzene rings is 1. The molecule has 0 amide bonds. The lowest BCUT2D eigenvalue weighted by Crippen LogP contribution is -1.95. The van der Waals surface area contributed by atoms with E-state index in [2.05, 4.69) is 44.2 Å². The van der Waals surface area contributed by atoms with Crippen molar-refractivity contribution in [1.29, 1.82) is 5.26 Å². The maximum atomic E-state index is 8.75. The molecule has 0 fully saturated rings. The Kier molecular flexibility index (Phi) is 3.71. The predicted molar refractivity (Wildman–Crippen MR) is 59.0 cm³/mol. The lowest BCUT2D eigenvalue weighted by atomic mass is 9.98. The van der Waals surface area contributed by atoms with Crippen molar-refractivity contribution in [3.63, 3.8) is 0 Å². The fraction of sp³-hybridized carbons (Fsp3) is 0.462. The Morgan fingerprint density at radius 2 is 1.71 bits per heavy atom. The van der Waals surface area contributed by atoms with Crippen LogP contribution in [0.1, 0.15) is 37.8 Å². The van der Waals surface area contributed by atoms with Crippen molar-refractivity contribution in [3.05, 3.63) is 35.4 Å². The fourth-order valence-corrected chi connectivity index (χ4v) is 1.49. The highest BCUT2D eigenvalue weighted by atomic mass is 14.3. The van der Waals surface area contributed by atoms with Crippen LogP contribution in [0.4, 0.5) is 0 Å². The summed E-state index contributed by atoms with van der Waals surface area (Å²) >= 11 is 0. The smallest absolute Gasteiger partial charge is 0.0700 e. The second kappa shape index (κ2) is 4.81. The first kappa shape index (κ1) is 10.8. The second-order valence-electron chi connectivity index (χ2n) is 4.19. The van der Waals surface area contributed by atoms with E-state index in [0.717, 1.165) is 12.0 Å². The van der Waals surface area contributed by atoms with Crippen LogP contribution >= 0.6 is 0 Å². The molecule has 0 radical (unpaired) electrons. The molecule has 1 heteroatoms. The van der Waals surface area contributed by atoms with Gasteiger partial charge in [-0.2, -0.15) is 5.26 Å². The van der Waals surface area contributed by atoms with Gasteiger partial charge in [0.15, 0.2) is 0 Å². The van der Waals surface area contributed by atoms with Gasteiger partial charge in [-0.05, 0) is 30.4 Å². The molecule has 0 saturated carbocycles. The van der Waals surface area contributed by atoms with E-state index < -0.39 is 0 Å². The summed E-state index contributed by atoms with van der Waals surface area (Å²) < 4.78 is 0. The summed E-state index contributed by atoms with van der Waals surface area (Å²) in [6.07, 6.45) is 1.11. The van der Waals surface area contributed by atoms with E-state index in [1.54, 1.807) is 0 Å². The zero-order valence-electron chi connectivity index (χ0n) is 9.12. The molecule has 0 heterocycles. The Morgan fingerprint density at radius 1 is 1.14 bits per heavy atom. The maximum absolute atomic E-state index is 8.75. The largest absolute Gasteiger partial charge is 0.198 e. The Labute approximate surface area is 86.4 Å². The highest BCUT2D eigenvalue weighted by Crippen LogP contribution is 2.16. The van der Waals surface area contributed by atoms with Gasteiger partial charge in [0, 0.05) is 0 Å². The first-order valence-electron chi connectivity index (χ1n) is 5.12. The zero-order chi connectivity index (χ0) is 10.6. The summed E-state index contributed by atoms with van der Waals surface area (Å²) in [5, 5.41) is 8.75. The molecule has 1 nitrogen and oxygen atoms in total. The van der Waals surface area contributed by atoms with Crippen LogP contribution in [0, 0.1) is 17.2 Å². The molecular formula is C13H17N. The van der Waals surface area contributed by atoms with E-state index >= 15 is 0 Å². The fourth-order valence-electron chi connectivity index (χ4n) is 1.49. The van der Waals surface area contributed by atoms with Crippen LogP contribution in [0.25, 0.3) is 0 Å². The van der Waals surface area contributed by atoms with Gasteiger partial charge in [0.05, 0.1) is 12.0 Å². The van der Waals surface area contributed by atoms with Crippen molar-refractivity contribution in [2.75, 3.05) is 0 Å². The summed E-state index contributed by atoms with van der Waals surface area (Å²) in [6.45, 7) is 6.36. The van der Waals surface area contributed by atoms with Crippen LogP contribution < -0.4 is 0 Å². The molecule has 0 bridgehead atoms. The molecule has 0 N–H and O–H groups in total. The molecule has 1 aromatic rings. The number of nitriles is 1. The molecule has 14 heavy (non-hydrogen) atoms. The van der Waals surface area contributed by atoms with Crippen LogP contribution in [-0.2, 0) is 6.42 Å². The van der Waals surface area contributed by atoms with Crippen molar-refractivity contribution in [2.45, 2.75) is 33.1 Å². The Morgan fingerprint density at radius 3 is 2.14 bits per heavy atom. The average Bonchev–Trinajstić information content (AvgIpc) is 2.17. The van der Waals surface area contributed by atoms with Crippen LogP contribution in [-0.4, -0.2) is 0 Å². The molecule has 74 valence electrons. The molecule has 1 atom stereocenters. The molecule has 0 aliphatic rings. The van der Waals surface area contributed by atoms with Crippen molar-refractivity contribution >= 4 is 0 Å². The first-order valence-corrected chi connectivity index (χ1v) is 5.12. The quantitative estimate of drug-likeness (QED) is 0.710. The third-order valence-electron chi connectivity index (χ3n) is 2.32. The van der Waals surface area contributed by atoms with Crippen LogP contribution in [0.3, 0.4) is 0 Å². The standard InChI is InChI=1S/C13H17N/c1-10(2)8-12-4-6-13(7-5-12)11(3)9-14/h4-7,10-11H,8H2,1-3H3/t11-/m0/s1. The van der Waals surface area contributed by atoms with E-state index in [-0.39, 0.29) is 5.92 Å². The summed E-state index contributed by atoms with van der Waals surface area (Å²) in [4.78, 5) is 0. The van der Waals surface area contributed by atoms with Crippen LogP contribution in [0.2, 0.25) is 0 Å². The van der Waals surface area contributed by atoms with Gasteiger partial charge in [-0.25, -0.2) is 0 Å². The molecule has 1 rings (SSSR count). The first-order chi connectivity index (χ1) is 6.63. The van der Waals surface area contributed by atoms with E-state index in [1.807, 2.05) is 6.92 Å². The Balaban J connectivity index is 2.74. The minimum atomic E-state index is 0.00287. The molecule has 0 spiro atoms. The Bertz CT molecular complexity index is 316. The molecule has 1 aromatic carbocycles. The summed E-state index contributed by atoms with van der Waals surface area (Å²) in [6, 6.07) is 10.6. The van der Waals surface area contributed by atoms with Gasteiger partial charge in [0.25, 0.3) is 0 Å². The van der Waals surface area contributed by atoms with E-state index in [1.165, 1.54) is 5.56 Å². The third kappa shape index (κ3) is 2.88. The summed E-state index contributed by atoms with van der Waals surface area (Å²) in [5.74, 6) is 0.692. The summed E-state index contributed by atoms with van der Waals surface area (Å²) in [5.41, 5.74) is 2.47. The average molecular weight is 187 g/mol. The maximum Gasteiger partial charge on any atom is 0.0700 e. The third-order valence-corrected chi connectivity index (χ3v) is 2.32. The van der Waals surface area contributed by atoms with Gasteiger partial charge in [-0.15, -0.1) is 0 Å². The molecule has 0 unspecified atom stereocenters. The van der Waals surface area contributed by atoms with Gasteiger partial charge in [0.1, 0.15) is 0 Å². The zero-order valence-corrected chi connectivity index (χ0v) is 9.12. The van der Waals surface area contributed by atoms with E-state index in [0.29, 0.717) is 5.92 Å². The van der Waals surface area contributed by atoms with E-state index in [9.17, 15) is 0 Å². The number of hydrogen-bond donors (Lipinski definition) is 0. The lowest BCUT2D eigenvalue weighted by molar-refractivity contribution is 0.647.